The standard InChI is InChI=1S/C23H30N2O4/c1-17(28-20-10-8-19(27-3)9-11-20)23(26)24-16-18-4-6-21(7-5-18)29-22-12-14-25(2)15-13-22/h4-11,17,22H,12-16H2,1-3H3,(H,24,26). The summed E-state index contributed by atoms with van der Waals surface area (Å²) >= 11 is 0. The van der Waals surface area contributed by atoms with Gasteiger partial charge in [-0.05, 0) is 68.8 Å². The Balaban J connectivity index is 1.43. The largest absolute Gasteiger partial charge is 0.497 e. The number of benzene rings is 2. The molecule has 6 nitrogen and oxygen atoms in total. The van der Waals surface area contributed by atoms with E-state index in [1.807, 2.05) is 24.3 Å². The average molecular weight is 399 g/mol. The molecule has 1 aliphatic heterocycles. The molecule has 1 fully saturated rings. The van der Waals surface area contributed by atoms with Crippen molar-refractivity contribution >= 4 is 5.91 Å². The zero-order valence-electron chi connectivity index (χ0n) is 17.4. The van der Waals surface area contributed by atoms with Crippen LogP contribution in [0.1, 0.15) is 25.3 Å². The van der Waals surface area contributed by atoms with Crippen molar-refractivity contribution in [1.82, 2.24) is 10.2 Å². The van der Waals surface area contributed by atoms with E-state index in [4.69, 9.17) is 14.2 Å². The van der Waals surface area contributed by atoms with Crippen molar-refractivity contribution in [3.8, 4) is 17.2 Å². The predicted molar refractivity (Wildman–Crippen MR) is 113 cm³/mol. The molecular weight excluding hydrogens is 368 g/mol. The lowest BCUT2D eigenvalue weighted by molar-refractivity contribution is -0.127. The fourth-order valence-electron chi connectivity index (χ4n) is 3.23. The van der Waals surface area contributed by atoms with Gasteiger partial charge in [-0.2, -0.15) is 0 Å². The van der Waals surface area contributed by atoms with Gasteiger partial charge in [-0.15, -0.1) is 0 Å². The van der Waals surface area contributed by atoms with Gasteiger partial charge >= 0.3 is 0 Å². The zero-order valence-corrected chi connectivity index (χ0v) is 17.4. The number of nitrogens with one attached hydrogen (secondary N) is 1. The van der Waals surface area contributed by atoms with Crippen molar-refractivity contribution in [2.45, 2.75) is 38.5 Å². The quantitative estimate of drug-likeness (QED) is 0.740. The molecule has 1 N–H and O–H groups in total. The molecule has 0 bridgehead atoms. The number of nitrogens with zero attached hydrogens (tertiary/aromatic N) is 1. The summed E-state index contributed by atoms with van der Waals surface area (Å²) in [5, 5.41) is 2.91. The second kappa shape index (κ2) is 10.2. The maximum atomic E-state index is 12.3. The number of hydrogen-bond donors (Lipinski definition) is 1. The van der Waals surface area contributed by atoms with Gasteiger partial charge < -0.3 is 24.4 Å². The lowest BCUT2D eigenvalue weighted by Gasteiger charge is -2.29. The first-order valence-corrected chi connectivity index (χ1v) is 10.1. The number of ether oxygens (including phenoxy) is 3. The van der Waals surface area contributed by atoms with E-state index in [-0.39, 0.29) is 12.0 Å². The summed E-state index contributed by atoms with van der Waals surface area (Å²) in [7, 11) is 3.75. The number of rotatable bonds is 8. The highest BCUT2D eigenvalue weighted by Gasteiger charge is 2.18. The molecule has 0 spiro atoms. The number of likely N-dealkylation sites (tertiary alicyclic amines) is 1. The monoisotopic (exact) mass is 398 g/mol. The molecule has 6 heteroatoms. The molecule has 1 saturated heterocycles. The Labute approximate surface area is 172 Å². The molecule has 3 rings (SSSR count). The molecule has 0 radical (unpaired) electrons. The van der Waals surface area contributed by atoms with Crippen molar-refractivity contribution < 1.29 is 19.0 Å². The first-order chi connectivity index (χ1) is 14.0. The van der Waals surface area contributed by atoms with Crippen LogP contribution >= 0.6 is 0 Å². The summed E-state index contributed by atoms with van der Waals surface area (Å²) in [5.41, 5.74) is 1.02. The third-order valence-corrected chi connectivity index (χ3v) is 5.10. The highest BCUT2D eigenvalue weighted by atomic mass is 16.5. The van der Waals surface area contributed by atoms with Crippen LogP contribution in [0, 0.1) is 0 Å². The minimum absolute atomic E-state index is 0.160. The van der Waals surface area contributed by atoms with Gasteiger partial charge in [-0.1, -0.05) is 12.1 Å². The van der Waals surface area contributed by atoms with Crippen molar-refractivity contribution in [2.24, 2.45) is 0 Å². The van der Waals surface area contributed by atoms with Gasteiger partial charge in [0.2, 0.25) is 0 Å². The SMILES string of the molecule is COc1ccc(OC(C)C(=O)NCc2ccc(OC3CCN(C)CC3)cc2)cc1. The van der Waals surface area contributed by atoms with E-state index < -0.39 is 6.10 Å². The molecule has 29 heavy (non-hydrogen) atoms. The van der Waals surface area contributed by atoms with Gasteiger partial charge in [-0.25, -0.2) is 0 Å². The van der Waals surface area contributed by atoms with Crippen LogP contribution in [-0.4, -0.2) is 50.3 Å². The maximum absolute atomic E-state index is 12.3. The van der Waals surface area contributed by atoms with Crippen molar-refractivity contribution in [3.63, 3.8) is 0 Å². The van der Waals surface area contributed by atoms with E-state index in [9.17, 15) is 4.79 Å². The third kappa shape index (κ3) is 6.39. The smallest absolute Gasteiger partial charge is 0.261 e. The number of amides is 1. The Kier molecular flexibility index (Phi) is 7.36. The first kappa shape index (κ1) is 21.0. The molecule has 2 aromatic rings. The lowest BCUT2D eigenvalue weighted by atomic mass is 10.1. The molecule has 1 heterocycles. The molecule has 0 aliphatic carbocycles. The Morgan fingerprint density at radius 1 is 1.03 bits per heavy atom. The zero-order chi connectivity index (χ0) is 20.6. The predicted octanol–water partition coefficient (Wildman–Crippen LogP) is 3.25. The molecule has 1 aliphatic rings. The topological polar surface area (TPSA) is 60.0 Å². The van der Waals surface area contributed by atoms with Crippen molar-refractivity contribution in [2.75, 3.05) is 27.2 Å². The molecule has 0 saturated carbocycles. The van der Waals surface area contributed by atoms with Crippen LogP contribution < -0.4 is 19.5 Å². The fraction of sp³-hybridized carbons (Fsp3) is 0.435. The number of piperidine rings is 1. The van der Waals surface area contributed by atoms with E-state index in [0.29, 0.717) is 12.3 Å². The van der Waals surface area contributed by atoms with Crippen molar-refractivity contribution in [3.05, 3.63) is 54.1 Å². The van der Waals surface area contributed by atoms with E-state index in [1.54, 1.807) is 38.3 Å². The fourth-order valence-corrected chi connectivity index (χ4v) is 3.23. The van der Waals surface area contributed by atoms with Crippen LogP contribution in [0.3, 0.4) is 0 Å². The Bertz CT molecular complexity index is 768. The summed E-state index contributed by atoms with van der Waals surface area (Å²) in [6, 6.07) is 15.1. The third-order valence-electron chi connectivity index (χ3n) is 5.10. The summed E-state index contributed by atoms with van der Waals surface area (Å²) in [5.74, 6) is 2.10. The van der Waals surface area contributed by atoms with Gasteiger partial charge in [0.15, 0.2) is 6.10 Å². The molecule has 1 amide bonds. The van der Waals surface area contributed by atoms with Crippen molar-refractivity contribution in [1.29, 1.82) is 0 Å². The Morgan fingerprint density at radius 2 is 1.62 bits per heavy atom. The van der Waals surface area contributed by atoms with Crippen LogP contribution in [-0.2, 0) is 11.3 Å². The summed E-state index contributed by atoms with van der Waals surface area (Å²) in [6.07, 6.45) is 1.81. The summed E-state index contributed by atoms with van der Waals surface area (Å²) < 4.78 is 16.9. The number of hydrogen-bond acceptors (Lipinski definition) is 5. The normalized spacial score (nSPS) is 16.1. The Hall–Kier alpha value is -2.73. The van der Waals surface area contributed by atoms with E-state index in [1.165, 1.54) is 0 Å². The van der Waals surface area contributed by atoms with Gasteiger partial charge in [0.25, 0.3) is 5.91 Å². The highest BCUT2D eigenvalue weighted by molar-refractivity contribution is 5.80. The number of carbonyl (C=O) groups is 1. The first-order valence-electron chi connectivity index (χ1n) is 10.1. The van der Waals surface area contributed by atoms with E-state index >= 15 is 0 Å². The van der Waals surface area contributed by atoms with Gasteiger partial charge in [0.1, 0.15) is 23.4 Å². The number of methoxy groups -OCH3 is 1. The van der Waals surface area contributed by atoms with Gasteiger partial charge in [0, 0.05) is 19.6 Å². The molecular formula is C23H30N2O4. The summed E-state index contributed by atoms with van der Waals surface area (Å²) in [4.78, 5) is 14.6. The van der Waals surface area contributed by atoms with Crippen LogP contribution in [0.15, 0.2) is 48.5 Å². The minimum Gasteiger partial charge on any atom is -0.497 e. The van der Waals surface area contributed by atoms with E-state index in [2.05, 4.69) is 17.3 Å². The van der Waals surface area contributed by atoms with Crippen LogP contribution in [0.25, 0.3) is 0 Å². The minimum atomic E-state index is -0.588. The highest BCUT2D eigenvalue weighted by Crippen LogP contribution is 2.20. The molecule has 0 aromatic heterocycles. The van der Waals surface area contributed by atoms with Crippen LogP contribution in [0.4, 0.5) is 0 Å². The lowest BCUT2D eigenvalue weighted by Crippen LogP contribution is -2.36. The van der Waals surface area contributed by atoms with Crippen LogP contribution in [0.2, 0.25) is 0 Å². The van der Waals surface area contributed by atoms with Gasteiger partial charge in [-0.3, -0.25) is 4.79 Å². The van der Waals surface area contributed by atoms with E-state index in [0.717, 1.165) is 43.0 Å². The Morgan fingerprint density at radius 3 is 2.24 bits per heavy atom. The molecule has 1 unspecified atom stereocenters. The number of carbonyl (C=O) groups excluding carboxylic acids is 1. The van der Waals surface area contributed by atoms with Crippen LogP contribution in [0.5, 0.6) is 17.2 Å². The molecule has 1 atom stereocenters. The second-order valence-electron chi connectivity index (χ2n) is 7.42. The second-order valence-corrected chi connectivity index (χ2v) is 7.42. The molecule has 156 valence electrons. The average Bonchev–Trinajstić information content (AvgIpc) is 2.75. The maximum Gasteiger partial charge on any atom is 0.261 e. The molecule has 2 aromatic carbocycles. The van der Waals surface area contributed by atoms with Gasteiger partial charge in [0.05, 0.1) is 7.11 Å². The summed E-state index contributed by atoms with van der Waals surface area (Å²) in [6.45, 7) is 4.33.